The van der Waals surface area contributed by atoms with E-state index in [-0.39, 0.29) is 20.7 Å². The Labute approximate surface area is 219 Å². The largest absolute Gasteiger partial charge is 0.490 e. The molecule has 0 saturated carbocycles. The molecule has 2 aromatic carbocycles. The first-order valence-electron chi connectivity index (χ1n) is 11.0. The Morgan fingerprint density at radius 2 is 1.61 bits per heavy atom. The number of sulfonamides is 1. The van der Waals surface area contributed by atoms with Crippen molar-refractivity contribution in [1.29, 1.82) is 0 Å². The highest BCUT2D eigenvalue weighted by Crippen LogP contribution is 2.39. The number of carbonyl (C=O) groups excluding carboxylic acids is 1. The van der Waals surface area contributed by atoms with Gasteiger partial charge in [0.15, 0.2) is 21.7 Å². The van der Waals surface area contributed by atoms with Crippen LogP contribution in [0.4, 0.5) is 10.8 Å². The number of nitrogens with zero attached hydrogens (tertiary/aromatic N) is 1. The smallest absolute Gasteiger partial charge is 0.263 e. The number of ether oxygens (including phenoxy) is 3. The van der Waals surface area contributed by atoms with Gasteiger partial charge in [0.1, 0.15) is 0 Å². The first-order chi connectivity index (χ1) is 17.3. The Bertz CT molecular complexity index is 1270. The fourth-order valence-electron chi connectivity index (χ4n) is 3.02. The molecule has 10 nitrogen and oxygen atoms in total. The molecule has 36 heavy (non-hydrogen) atoms. The average Bonchev–Trinajstić information content (AvgIpc) is 3.34. The van der Waals surface area contributed by atoms with E-state index in [4.69, 9.17) is 26.4 Å². The molecule has 0 bridgehead atoms. The number of rotatable bonds is 11. The first kappa shape index (κ1) is 27.2. The Hall–Kier alpha value is -3.42. The standard InChI is InChI=1S/C23H26N4O6S3/c1-4-31-18-13-15(14-19(32-5-2)20(18)33-6-3)21(28)26-22(34)25-16-7-9-17(10-8-16)36(29,30)27-23-24-11-12-35-23/h7-14H,4-6H2,1-3H3,(H,24,27)(H2,25,26,28,34). The Kier molecular flexibility index (Phi) is 9.44. The maximum absolute atomic E-state index is 12.9. The van der Waals surface area contributed by atoms with E-state index in [0.717, 1.165) is 0 Å². The molecule has 3 N–H and O–H groups in total. The van der Waals surface area contributed by atoms with Crippen molar-refractivity contribution in [3.05, 3.63) is 53.5 Å². The predicted molar refractivity (Wildman–Crippen MR) is 143 cm³/mol. The van der Waals surface area contributed by atoms with E-state index >= 15 is 0 Å². The molecule has 192 valence electrons. The zero-order chi connectivity index (χ0) is 26.1. The molecular formula is C23H26N4O6S3. The van der Waals surface area contributed by atoms with Crippen molar-refractivity contribution in [1.82, 2.24) is 10.3 Å². The number of hydrogen-bond acceptors (Lipinski definition) is 9. The van der Waals surface area contributed by atoms with Crippen LogP contribution in [0.1, 0.15) is 31.1 Å². The molecule has 1 amide bonds. The van der Waals surface area contributed by atoms with Crippen LogP contribution < -0.4 is 29.6 Å². The van der Waals surface area contributed by atoms with Crippen molar-refractivity contribution >= 4 is 55.4 Å². The predicted octanol–water partition coefficient (Wildman–Crippen LogP) is 4.27. The SMILES string of the molecule is CCOc1cc(C(=O)NC(=S)Nc2ccc(S(=O)(=O)Nc3nccs3)cc2)cc(OCC)c1OCC. The molecule has 13 heteroatoms. The van der Waals surface area contributed by atoms with E-state index < -0.39 is 15.9 Å². The zero-order valence-electron chi connectivity index (χ0n) is 19.9. The molecule has 0 radical (unpaired) electrons. The van der Waals surface area contributed by atoms with Crippen LogP contribution in [0.25, 0.3) is 0 Å². The van der Waals surface area contributed by atoms with Crippen molar-refractivity contribution in [2.45, 2.75) is 25.7 Å². The van der Waals surface area contributed by atoms with Gasteiger partial charge in [0, 0.05) is 22.8 Å². The number of thiocarbonyl (C=S) groups is 1. The van der Waals surface area contributed by atoms with E-state index in [1.165, 1.54) is 41.8 Å². The third-order valence-corrected chi connectivity index (χ3v) is 6.85. The highest BCUT2D eigenvalue weighted by molar-refractivity contribution is 7.93. The lowest BCUT2D eigenvalue weighted by Gasteiger charge is -2.17. The molecular weight excluding hydrogens is 524 g/mol. The summed E-state index contributed by atoms with van der Waals surface area (Å²) in [5.41, 5.74) is 0.759. The molecule has 0 atom stereocenters. The third kappa shape index (κ3) is 7.06. The van der Waals surface area contributed by atoms with Gasteiger partial charge in [-0.25, -0.2) is 13.4 Å². The molecule has 1 aromatic heterocycles. The van der Waals surface area contributed by atoms with E-state index in [1.54, 1.807) is 17.5 Å². The Morgan fingerprint density at radius 1 is 1.00 bits per heavy atom. The van der Waals surface area contributed by atoms with E-state index in [0.29, 0.717) is 42.8 Å². The Balaban J connectivity index is 1.69. The number of amides is 1. The van der Waals surface area contributed by atoms with Gasteiger partial charge in [0.2, 0.25) is 5.75 Å². The van der Waals surface area contributed by atoms with Crippen molar-refractivity contribution in [3.63, 3.8) is 0 Å². The number of carbonyl (C=O) groups is 1. The van der Waals surface area contributed by atoms with E-state index in [9.17, 15) is 13.2 Å². The van der Waals surface area contributed by atoms with Gasteiger partial charge in [0.25, 0.3) is 15.9 Å². The van der Waals surface area contributed by atoms with Gasteiger partial charge >= 0.3 is 0 Å². The molecule has 0 saturated heterocycles. The topological polar surface area (TPSA) is 128 Å². The number of thiazole rings is 1. The van der Waals surface area contributed by atoms with Crippen LogP contribution in [0.3, 0.4) is 0 Å². The summed E-state index contributed by atoms with van der Waals surface area (Å²) in [4.78, 5) is 16.9. The highest BCUT2D eigenvalue weighted by Gasteiger charge is 2.19. The Morgan fingerprint density at radius 3 is 2.14 bits per heavy atom. The molecule has 0 unspecified atom stereocenters. The maximum Gasteiger partial charge on any atom is 0.263 e. The van der Waals surface area contributed by atoms with Crippen LogP contribution in [-0.4, -0.2) is 44.2 Å². The molecule has 0 aliphatic heterocycles. The van der Waals surface area contributed by atoms with Crippen LogP contribution in [0.15, 0.2) is 52.9 Å². The van der Waals surface area contributed by atoms with Crippen molar-refractivity contribution < 1.29 is 27.4 Å². The number of anilines is 2. The monoisotopic (exact) mass is 550 g/mol. The summed E-state index contributed by atoms with van der Waals surface area (Å²) in [6, 6.07) is 9.02. The second-order valence-electron chi connectivity index (χ2n) is 6.98. The minimum Gasteiger partial charge on any atom is -0.490 e. The highest BCUT2D eigenvalue weighted by atomic mass is 32.2. The molecule has 3 aromatic rings. The second-order valence-corrected chi connectivity index (χ2v) is 9.96. The first-order valence-corrected chi connectivity index (χ1v) is 13.8. The van der Waals surface area contributed by atoms with Gasteiger partial charge in [-0.3, -0.25) is 14.8 Å². The second kappa shape index (κ2) is 12.5. The number of nitrogens with one attached hydrogen (secondary N) is 3. The third-order valence-electron chi connectivity index (χ3n) is 4.47. The number of benzene rings is 2. The lowest BCUT2D eigenvalue weighted by Crippen LogP contribution is -2.34. The van der Waals surface area contributed by atoms with Crippen LogP contribution >= 0.6 is 23.6 Å². The van der Waals surface area contributed by atoms with Crippen LogP contribution in [0.5, 0.6) is 17.2 Å². The van der Waals surface area contributed by atoms with Gasteiger partial charge in [-0.15, -0.1) is 11.3 Å². The summed E-state index contributed by atoms with van der Waals surface area (Å²) in [6.45, 7) is 6.65. The minimum absolute atomic E-state index is 0.0290. The maximum atomic E-state index is 12.9. The van der Waals surface area contributed by atoms with E-state index in [2.05, 4.69) is 20.3 Å². The van der Waals surface area contributed by atoms with Gasteiger partial charge in [-0.05, 0) is 69.4 Å². The molecule has 0 fully saturated rings. The fourth-order valence-corrected chi connectivity index (χ4v) is 5.02. The molecule has 0 aliphatic carbocycles. The zero-order valence-corrected chi connectivity index (χ0v) is 22.3. The van der Waals surface area contributed by atoms with Gasteiger partial charge < -0.3 is 19.5 Å². The summed E-state index contributed by atoms with van der Waals surface area (Å²) in [7, 11) is -3.78. The van der Waals surface area contributed by atoms with Crippen LogP contribution in [0.2, 0.25) is 0 Å². The van der Waals surface area contributed by atoms with Gasteiger partial charge in [-0.2, -0.15) is 0 Å². The van der Waals surface area contributed by atoms with Crippen LogP contribution in [-0.2, 0) is 10.0 Å². The number of hydrogen-bond donors (Lipinski definition) is 3. The summed E-state index contributed by atoms with van der Waals surface area (Å²) < 4.78 is 44.3. The number of aromatic nitrogens is 1. The summed E-state index contributed by atoms with van der Waals surface area (Å²) >= 11 is 6.44. The lowest BCUT2D eigenvalue weighted by molar-refractivity contribution is 0.0976. The molecule has 0 spiro atoms. The molecule has 1 heterocycles. The molecule has 0 aliphatic rings. The van der Waals surface area contributed by atoms with Crippen LogP contribution in [0, 0.1) is 0 Å². The average molecular weight is 551 g/mol. The summed E-state index contributed by atoms with van der Waals surface area (Å²) in [6.07, 6.45) is 1.51. The van der Waals surface area contributed by atoms with Crippen molar-refractivity contribution in [3.8, 4) is 17.2 Å². The quantitative estimate of drug-likeness (QED) is 0.300. The van der Waals surface area contributed by atoms with Crippen molar-refractivity contribution in [2.24, 2.45) is 0 Å². The molecule has 3 rings (SSSR count). The lowest BCUT2D eigenvalue weighted by atomic mass is 10.1. The summed E-state index contributed by atoms with van der Waals surface area (Å²) in [5, 5.41) is 7.44. The van der Waals surface area contributed by atoms with E-state index in [1.807, 2.05) is 20.8 Å². The minimum atomic E-state index is -3.78. The normalized spacial score (nSPS) is 10.9. The summed E-state index contributed by atoms with van der Waals surface area (Å²) in [5.74, 6) is 0.720. The van der Waals surface area contributed by atoms with Crippen molar-refractivity contribution in [2.75, 3.05) is 29.9 Å². The van der Waals surface area contributed by atoms with Gasteiger partial charge in [0.05, 0.1) is 24.7 Å². The van der Waals surface area contributed by atoms with Gasteiger partial charge in [-0.1, -0.05) is 0 Å². The fraction of sp³-hybridized carbons (Fsp3) is 0.261.